The van der Waals surface area contributed by atoms with Gasteiger partial charge in [-0.15, -0.1) is 6.58 Å². The van der Waals surface area contributed by atoms with Crippen LogP contribution in [0.2, 0.25) is 0 Å². The standard InChI is InChI=1S/C13H16FN3O3/c1-2-12(16-5-3-15-4-6-16)10-7-9(17(19)20)8-11(14)13(10)18/h2,7-8,12,15,18H,1,3-6H2/t12-/m1/s1. The molecule has 0 amide bonds. The van der Waals surface area contributed by atoms with E-state index >= 15 is 0 Å². The molecule has 1 aromatic carbocycles. The van der Waals surface area contributed by atoms with E-state index in [2.05, 4.69) is 11.9 Å². The Hall–Kier alpha value is -1.99. The molecule has 0 saturated carbocycles. The third kappa shape index (κ3) is 2.78. The number of nitro benzene ring substituents is 1. The van der Waals surface area contributed by atoms with Gasteiger partial charge in [-0.25, -0.2) is 4.39 Å². The van der Waals surface area contributed by atoms with Crippen molar-refractivity contribution in [1.82, 2.24) is 10.2 Å². The molecule has 0 spiro atoms. The van der Waals surface area contributed by atoms with E-state index in [0.717, 1.165) is 19.2 Å². The lowest BCUT2D eigenvalue weighted by atomic mass is 10.0. The van der Waals surface area contributed by atoms with Crippen molar-refractivity contribution in [1.29, 1.82) is 0 Å². The molecule has 1 aliphatic heterocycles. The van der Waals surface area contributed by atoms with Crippen molar-refractivity contribution >= 4 is 5.69 Å². The van der Waals surface area contributed by atoms with Crippen LogP contribution in [0.25, 0.3) is 0 Å². The van der Waals surface area contributed by atoms with E-state index < -0.39 is 22.5 Å². The van der Waals surface area contributed by atoms with Crippen molar-refractivity contribution in [2.24, 2.45) is 0 Å². The smallest absolute Gasteiger partial charge is 0.272 e. The van der Waals surface area contributed by atoms with Crippen LogP contribution in [0.5, 0.6) is 5.75 Å². The highest BCUT2D eigenvalue weighted by atomic mass is 19.1. The first-order valence-corrected chi connectivity index (χ1v) is 6.28. The number of hydrogen-bond acceptors (Lipinski definition) is 5. The Morgan fingerprint density at radius 1 is 1.50 bits per heavy atom. The summed E-state index contributed by atoms with van der Waals surface area (Å²) in [7, 11) is 0. The Labute approximate surface area is 115 Å². The normalized spacial score (nSPS) is 17.6. The zero-order valence-corrected chi connectivity index (χ0v) is 10.9. The predicted octanol–water partition coefficient (Wildman–Crippen LogP) is 1.57. The Bertz CT molecular complexity index is 530. The van der Waals surface area contributed by atoms with Crippen molar-refractivity contribution in [3.8, 4) is 5.75 Å². The lowest BCUT2D eigenvalue weighted by Crippen LogP contribution is -2.44. The molecule has 0 radical (unpaired) electrons. The van der Waals surface area contributed by atoms with Crippen LogP contribution in [0.15, 0.2) is 24.8 Å². The first kappa shape index (κ1) is 14.4. The fourth-order valence-corrected chi connectivity index (χ4v) is 2.37. The summed E-state index contributed by atoms with van der Waals surface area (Å²) in [6.07, 6.45) is 1.56. The van der Waals surface area contributed by atoms with Gasteiger partial charge in [0.25, 0.3) is 5.69 Å². The van der Waals surface area contributed by atoms with Crippen LogP contribution in [0.4, 0.5) is 10.1 Å². The first-order chi connectivity index (χ1) is 9.54. The van der Waals surface area contributed by atoms with Crippen molar-refractivity contribution in [3.63, 3.8) is 0 Å². The number of nitrogens with one attached hydrogen (secondary N) is 1. The van der Waals surface area contributed by atoms with Crippen molar-refractivity contribution in [3.05, 3.63) is 46.3 Å². The maximum absolute atomic E-state index is 13.6. The topological polar surface area (TPSA) is 78.6 Å². The molecular weight excluding hydrogens is 265 g/mol. The number of phenols is 1. The number of nitro groups is 1. The number of halogens is 1. The summed E-state index contributed by atoms with van der Waals surface area (Å²) in [4.78, 5) is 12.1. The maximum atomic E-state index is 13.6. The summed E-state index contributed by atoms with van der Waals surface area (Å²) in [6, 6.07) is 1.47. The van der Waals surface area contributed by atoms with Crippen LogP contribution in [-0.4, -0.2) is 41.1 Å². The van der Waals surface area contributed by atoms with Gasteiger partial charge < -0.3 is 10.4 Å². The highest BCUT2D eigenvalue weighted by Gasteiger charge is 2.26. The molecule has 1 atom stereocenters. The van der Waals surface area contributed by atoms with Crippen molar-refractivity contribution in [2.75, 3.05) is 26.2 Å². The SMILES string of the molecule is C=C[C@H](c1cc([N+](=O)[O-])cc(F)c1O)N1CCNCC1. The summed E-state index contributed by atoms with van der Waals surface area (Å²) in [5.74, 6) is -1.55. The zero-order valence-electron chi connectivity index (χ0n) is 10.9. The molecule has 1 aromatic rings. The fraction of sp³-hybridized carbons (Fsp3) is 0.385. The van der Waals surface area contributed by atoms with E-state index in [0.29, 0.717) is 13.1 Å². The fourth-order valence-electron chi connectivity index (χ4n) is 2.37. The minimum absolute atomic E-state index is 0.175. The third-order valence-electron chi connectivity index (χ3n) is 3.38. The average Bonchev–Trinajstić information content (AvgIpc) is 2.45. The number of benzene rings is 1. The van der Waals surface area contributed by atoms with Crippen LogP contribution in [0, 0.1) is 15.9 Å². The molecule has 1 saturated heterocycles. The van der Waals surface area contributed by atoms with Crippen LogP contribution in [0.1, 0.15) is 11.6 Å². The number of aromatic hydroxyl groups is 1. The lowest BCUT2D eigenvalue weighted by Gasteiger charge is -2.33. The van der Waals surface area contributed by atoms with Gasteiger partial charge in [-0.2, -0.15) is 0 Å². The quantitative estimate of drug-likeness (QED) is 0.497. The molecule has 0 aromatic heterocycles. The van der Waals surface area contributed by atoms with Gasteiger partial charge in [0.1, 0.15) is 0 Å². The molecule has 0 aliphatic carbocycles. The van der Waals surface area contributed by atoms with Gasteiger partial charge in [0.15, 0.2) is 11.6 Å². The number of non-ortho nitro benzene ring substituents is 1. The zero-order chi connectivity index (χ0) is 14.7. The second kappa shape index (κ2) is 5.98. The van der Waals surface area contributed by atoms with E-state index in [4.69, 9.17) is 0 Å². The van der Waals surface area contributed by atoms with Crippen molar-refractivity contribution < 1.29 is 14.4 Å². The van der Waals surface area contributed by atoms with Gasteiger partial charge in [0.05, 0.1) is 17.0 Å². The predicted molar refractivity (Wildman–Crippen MR) is 72.1 cm³/mol. The van der Waals surface area contributed by atoms with Crippen molar-refractivity contribution in [2.45, 2.75) is 6.04 Å². The largest absolute Gasteiger partial charge is 0.505 e. The summed E-state index contributed by atoms with van der Waals surface area (Å²) in [6.45, 7) is 6.61. The van der Waals surface area contributed by atoms with Crippen LogP contribution in [-0.2, 0) is 0 Å². The molecule has 2 rings (SSSR count). The molecule has 6 nitrogen and oxygen atoms in total. The Balaban J connectivity index is 2.42. The molecule has 1 aliphatic rings. The molecule has 108 valence electrons. The van der Waals surface area contributed by atoms with Gasteiger partial charge >= 0.3 is 0 Å². The second-order valence-corrected chi connectivity index (χ2v) is 4.59. The van der Waals surface area contributed by atoms with Gasteiger partial charge in [-0.1, -0.05) is 6.08 Å². The number of rotatable bonds is 4. The Morgan fingerprint density at radius 3 is 2.70 bits per heavy atom. The second-order valence-electron chi connectivity index (χ2n) is 4.59. The van der Waals surface area contributed by atoms with Gasteiger partial charge in [-0.3, -0.25) is 15.0 Å². The number of piperazine rings is 1. The molecule has 20 heavy (non-hydrogen) atoms. The lowest BCUT2D eigenvalue weighted by molar-refractivity contribution is -0.385. The van der Waals surface area contributed by atoms with E-state index in [1.807, 2.05) is 4.90 Å². The number of phenolic OH excluding ortho intramolecular Hbond substituents is 1. The number of hydrogen-bond donors (Lipinski definition) is 2. The van der Waals surface area contributed by atoms with E-state index in [1.54, 1.807) is 6.08 Å². The molecular formula is C13H16FN3O3. The summed E-state index contributed by atoms with van der Waals surface area (Å²) in [5, 5.41) is 23.8. The summed E-state index contributed by atoms with van der Waals surface area (Å²) < 4.78 is 13.6. The van der Waals surface area contributed by atoms with Crippen LogP contribution >= 0.6 is 0 Å². The van der Waals surface area contributed by atoms with E-state index in [-0.39, 0.29) is 11.3 Å². The third-order valence-corrected chi connectivity index (χ3v) is 3.38. The highest BCUT2D eigenvalue weighted by Crippen LogP contribution is 2.35. The molecule has 0 unspecified atom stereocenters. The maximum Gasteiger partial charge on any atom is 0.272 e. The minimum atomic E-state index is -0.990. The van der Waals surface area contributed by atoms with Gasteiger partial charge in [0, 0.05) is 37.8 Å². The van der Waals surface area contributed by atoms with Crippen LogP contribution in [0.3, 0.4) is 0 Å². The average molecular weight is 281 g/mol. The molecule has 1 fully saturated rings. The number of nitrogens with zero attached hydrogens (tertiary/aromatic N) is 2. The van der Waals surface area contributed by atoms with E-state index in [9.17, 15) is 19.6 Å². The highest BCUT2D eigenvalue weighted by molar-refractivity contribution is 5.47. The minimum Gasteiger partial charge on any atom is -0.505 e. The van der Waals surface area contributed by atoms with Gasteiger partial charge in [0.2, 0.25) is 0 Å². The summed E-state index contributed by atoms with van der Waals surface area (Å²) >= 11 is 0. The molecule has 7 heteroatoms. The molecule has 1 heterocycles. The summed E-state index contributed by atoms with van der Waals surface area (Å²) in [5.41, 5.74) is -0.203. The van der Waals surface area contributed by atoms with E-state index in [1.165, 1.54) is 6.07 Å². The molecule has 0 bridgehead atoms. The van der Waals surface area contributed by atoms with Gasteiger partial charge in [-0.05, 0) is 0 Å². The first-order valence-electron chi connectivity index (χ1n) is 6.28. The Kier molecular flexibility index (Phi) is 4.31. The monoisotopic (exact) mass is 281 g/mol. The van der Waals surface area contributed by atoms with Crippen LogP contribution < -0.4 is 5.32 Å². The molecule has 2 N–H and O–H groups in total. The Morgan fingerprint density at radius 2 is 2.15 bits per heavy atom.